The molecule has 0 aliphatic carbocycles. The van der Waals surface area contributed by atoms with Crippen molar-refractivity contribution in [1.82, 2.24) is 4.98 Å². The Morgan fingerprint density at radius 2 is 2.17 bits per heavy atom. The summed E-state index contributed by atoms with van der Waals surface area (Å²) in [5.74, 6) is 3.43. The minimum atomic E-state index is -0.00160. The van der Waals surface area contributed by atoms with Crippen LogP contribution in [0.25, 0.3) is 10.8 Å². The number of terminal acetylenes is 1. The molecular formula is C15H12N2O. The average molecular weight is 236 g/mol. The van der Waals surface area contributed by atoms with Crippen molar-refractivity contribution in [2.45, 2.75) is 6.42 Å². The number of nitrogens with zero attached hydrogens (tertiary/aromatic N) is 2. The quantitative estimate of drug-likeness (QED) is 0.711. The third-order valence-electron chi connectivity index (χ3n) is 3.27. The Morgan fingerprint density at radius 1 is 1.33 bits per heavy atom. The second-order valence-electron chi connectivity index (χ2n) is 4.43. The maximum atomic E-state index is 12.0. The first-order valence-corrected chi connectivity index (χ1v) is 5.90. The second kappa shape index (κ2) is 4.15. The van der Waals surface area contributed by atoms with Gasteiger partial charge in [-0.3, -0.25) is 9.69 Å². The molecule has 1 saturated heterocycles. The molecule has 0 saturated carbocycles. The Hall–Kier alpha value is -2.34. The van der Waals surface area contributed by atoms with E-state index >= 15 is 0 Å². The van der Waals surface area contributed by atoms with Crippen molar-refractivity contribution in [3.05, 3.63) is 36.5 Å². The van der Waals surface area contributed by atoms with Gasteiger partial charge in [-0.05, 0) is 11.5 Å². The molecule has 0 N–H and O–H groups in total. The van der Waals surface area contributed by atoms with Gasteiger partial charge in [-0.2, -0.15) is 0 Å². The number of anilines is 1. The summed E-state index contributed by atoms with van der Waals surface area (Å²) in [6, 6.07) is 9.86. The number of hydrogen-bond donors (Lipinski definition) is 0. The number of carbonyl (C=O) groups is 1. The van der Waals surface area contributed by atoms with E-state index in [-0.39, 0.29) is 11.8 Å². The Kier molecular flexibility index (Phi) is 2.49. The van der Waals surface area contributed by atoms with E-state index in [9.17, 15) is 4.79 Å². The van der Waals surface area contributed by atoms with Crippen LogP contribution in [0.1, 0.15) is 6.42 Å². The van der Waals surface area contributed by atoms with Crippen LogP contribution in [-0.2, 0) is 4.79 Å². The van der Waals surface area contributed by atoms with E-state index in [0.717, 1.165) is 16.6 Å². The number of benzene rings is 1. The molecule has 0 radical (unpaired) electrons. The van der Waals surface area contributed by atoms with Crippen molar-refractivity contribution >= 4 is 22.5 Å². The molecule has 1 aliphatic heterocycles. The van der Waals surface area contributed by atoms with Crippen LogP contribution in [-0.4, -0.2) is 17.4 Å². The van der Waals surface area contributed by atoms with E-state index in [2.05, 4.69) is 10.9 Å². The molecule has 18 heavy (non-hydrogen) atoms. The van der Waals surface area contributed by atoms with Gasteiger partial charge in [-0.15, -0.1) is 12.3 Å². The monoisotopic (exact) mass is 236 g/mol. The van der Waals surface area contributed by atoms with Gasteiger partial charge in [0.05, 0.1) is 0 Å². The van der Waals surface area contributed by atoms with E-state index in [0.29, 0.717) is 13.0 Å². The summed E-state index contributed by atoms with van der Waals surface area (Å²) in [5, 5.41) is 2.07. The molecule has 1 aromatic heterocycles. The molecule has 2 heterocycles. The molecule has 1 aromatic carbocycles. The molecular weight excluding hydrogens is 224 g/mol. The normalized spacial score (nSPS) is 19.2. The maximum Gasteiger partial charge on any atom is 0.229 e. The molecule has 3 heteroatoms. The largest absolute Gasteiger partial charge is 0.295 e. The number of hydrogen-bond acceptors (Lipinski definition) is 2. The van der Waals surface area contributed by atoms with Crippen molar-refractivity contribution in [2.75, 3.05) is 11.4 Å². The molecule has 88 valence electrons. The van der Waals surface area contributed by atoms with Crippen LogP contribution < -0.4 is 4.90 Å². The number of rotatable bonds is 1. The third-order valence-corrected chi connectivity index (χ3v) is 3.27. The lowest BCUT2D eigenvalue weighted by Gasteiger charge is -2.16. The highest BCUT2D eigenvalue weighted by molar-refractivity contribution is 6.03. The van der Waals surface area contributed by atoms with Gasteiger partial charge in [-0.25, -0.2) is 4.98 Å². The smallest absolute Gasteiger partial charge is 0.229 e. The molecule has 1 unspecified atom stereocenters. The van der Waals surface area contributed by atoms with Crippen molar-refractivity contribution < 1.29 is 4.79 Å². The minimum absolute atomic E-state index is 0.00160. The Balaban J connectivity index is 2.10. The predicted molar refractivity (Wildman–Crippen MR) is 71.0 cm³/mol. The van der Waals surface area contributed by atoms with Crippen LogP contribution in [0.15, 0.2) is 36.5 Å². The lowest BCUT2D eigenvalue weighted by molar-refractivity contribution is -0.117. The number of aromatic nitrogens is 1. The van der Waals surface area contributed by atoms with Gasteiger partial charge in [0.15, 0.2) is 0 Å². The summed E-state index contributed by atoms with van der Waals surface area (Å²) >= 11 is 0. The van der Waals surface area contributed by atoms with E-state index in [4.69, 9.17) is 6.42 Å². The maximum absolute atomic E-state index is 12.0. The fourth-order valence-electron chi connectivity index (χ4n) is 2.34. The topological polar surface area (TPSA) is 33.2 Å². The summed E-state index contributed by atoms with van der Waals surface area (Å²) < 4.78 is 0. The summed E-state index contributed by atoms with van der Waals surface area (Å²) in [6.45, 7) is 0.566. The van der Waals surface area contributed by atoms with E-state index in [1.807, 2.05) is 30.3 Å². The number of pyridine rings is 1. The summed E-state index contributed by atoms with van der Waals surface area (Å²) in [6.07, 6.45) is 7.55. The van der Waals surface area contributed by atoms with Crippen molar-refractivity contribution in [3.8, 4) is 12.3 Å². The fraction of sp³-hybridized carbons (Fsp3) is 0.200. The van der Waals surface area contributed by atoms with Crippen molar-refractivity contribution in [1.29, 1.82) is 0 Å². The van der Waals surface area contributed by atoms with Crippen LogP contribution in [0, 0.1) is 18.3 Å². The molecule has 0 bridgehead atoms. The highest BCUT2D eigenvalue weighted by atomic mass is 16.2. The summed E-state index contributed by atoms with van der Waals surface area (Å²) in [5.41, 5.74) is 0. The van der Waals surface area contributed by atoms with E-state index < -0.39 is 0 Å². The molecule has 1 aliphatic rings. The highest BCUT2D eigenvalue weighted by Gasteiger charge is 2.30. The molecule has 3 nitrogen and oxygen atoms in total. The van der Waals surface area contributed by atoms with Gasteiger partial charge in [-0.1, -0.05) is 24.3 Å². The standard InChI is InChI=1S/C15H12N2O/c1-2-11-9-14(18)17(10-11)15-13-6-4-3-5-12(13)7-8-16-15/h1,3-8,11H,9-10H2. The van der Waals surface area contributed by atoms with Gasteiger partial charge >= 0.3 is 0 Å². The van der Waals surface area contributed by atoms with Gasteiger partial charge in [0.2, 0.25) is 5.91 Å². The lowest BCUT2D eigenvalue weighted by Crippen LogP contribution is -2.25. The summed E-state index contributed by atoms with van der Waals surface area (Å²) in [7, 11) is 0. The van der Waals surface area contributed by atoms with Crippen LogP contribution in [0.4, 0.5) is 5.82 Å². The summed E-state index contributed by atoms with van der Waals surface area (Å²) in [4.78, 5) is 18.0. The first-order chi connectivity index (χ1) is 8.79. The van der Waals surface area contributed by atoms with Crippen LogP contribution >= 0.6 is 0 Å². The predicted octanol–water partition coefficient (Wildman–Crippen LogP) is 2.22. The second-order valence-corrected chi connectivity index (χ2v) is 4.43. The van der Waals surface area contributed by atoms with Gasteiger partial charge in [0.25, 0.3) is 0 Å². The lowest BCUT2D eigenvalue weighted by atomic mass is 10.1. The first kappa shape index (κ1) is 10.8. The highest BCUT2D eigenvalue weighted by Crippen LogP contribution is 2.29. The molecule has 0 spiro atoms. The van der Waals surface area contributed by atoms with Crippen LogP contribution in [0.5, 0.6) is 0 Å². The Morgan fingerprint density at radius 3 is 2.94 bits per heavy atom. The number of fused-ring (bicyclic) bond motifs is 1. The third kappa shape index (κ3) is 1.63. The minimum Gasteiger partial charge on any atom is -0.295 e. The fourth-order valence-corrected chi connectivity index (χ4v) is 2.34. The van der Waals surface area contributed by atoms with Gasteiger partial charge in [0, 0.05) is 30.5 Å². The zero-order valence-corrected chi connectivity index (χ0v) is 9.84. The van der Waals surface area contributed by atoms with Crippen molar-refractivity contribution in [2.24, 2.45) is 5.92 Å². The van der Waals surface area contributed by atoms with E-state index in [1.165, 1.54) is 0 Å². The first-order valence-electron chi connectivity index (χ1n) is 5.90. The molecule has 3 rings (SSSR count). The molecule has 1 amide bonds. The number of carbonyl (C=O) groups excluding carboxylic acids is 1. The van der Waals surface area contributed by atoms with E-state index in [1.54, 1.807) is 11.1 Å². The van der Waals surface area contributed by atoms with Crippen LogP contribution in [0.3, 0.4) is 0 Å². The number of amides is 1. The Bertz CT molecular complexity index is 652. The molecule has 2 aromatic rings. The zero-order valence-electron chi connectivity index (χ0n) is 9.84. The SMILES string of the molecule is C#CC1CC(=O)N(c2nccc3ccccc23)C1. The average Bonchev–Trinajstić information content (AvgIpc) is 2.79. The van der Waals surface area contributed by atoms with Crippen LogP contribution in [0.2, 0.25) is 0 Å². The van der Waals surface area contributed by atoms with Gasteiger partial charge < -0.3 is 0 Å². The zero-order chi connectivity index (χ0) is 12.5. The van der Waals surface area contributed by atoms with Gasteiger partial charge in [0.1, 0.15) is 5.82 Å². The molecule has 1 fully saturated rings. The molecule has 1 atom stereocenters. The van der Waals surface area contributed by atoms with Crippen molar-refractivity contribution in [3.63, 3.8) is 0 Å². The Labute approximate surface area is 105 Å².